The van der Waals surface area contributed by atoms with Crippen LogP contribution in [0.2, 0.25) is 0 Å². The van der Waals surface area contributed by atoms with E-state index in [1.807, 2.05) is 0 Å². The summed E-state index contributed by atoms with van der Waals surface area (Å²) in [5.41, 5.74) is -6.22. The van der Waals surface area contributed by atoms with Crippen LogP contribution < -0.4 is 0 Å². The Labute approximate surface area is 87.0 Å². The molecule has 1 unspecified atom stereocenters. The maximum atomic E-state index is 12.8. The molecule has 0 rings (SSSR count). The zero-order valence-corrected chi connectivity index (χ0v) is 7.46. The van der Waals surface area contributed by atoms with E-state index in [9.17, 15) is 44.3 Å². The summed E-state index contributed by atoms with van der Waals surface area (Å²) in [6.45, 7) is 0. The van der Waals surface area contributed by atoms with Gasteiger partial charge in [0.05, 0.1) is 6.42 Å². The molecule has 0 saturated carbocycles. The van der Waals surface area contributed by atoms with Crippen molar-refractivity contribution in [3.05, 3.63) is 0 Å². The number of carboxylic acids is 1. The fraction of sp³-hybridized carbons (Fsp3) is 0.833. The quantitative estimate of drug-likeness (QED) is 0.806. The van der Waals surface area contributed by atoms with E-state index < -0.39 is 36.3 Å². The van der Waals surface area contributed by atoms with Gasteiger partial charge in [0.15, 0.2) is 0 Å². The second kappa shape index (κ2) is 3.95. The van der Waals surface area contributed by atoms with Gasteiger partial charge in [-0.1, -0.05) is 0 Å². The molecule has 17 heavy (non-hydrogen) atoms. The fourth-order valence-corrected chi connectivity index (χ4v) is 0.822. The van der Waals surface area contributed by atoms with Gasteiger partial charge in [0.25, 0.3) is 5.67 Å². The molecule has 1 atom stereocenters. The molecule has 0 fully saturated rings. The highest BCUT2D eigenvalue weighted by Crippen LogP contribution is 2.54. The van der Waals surface area contributed by atoms with E-state index in [0.717, 1.165) is 0 Å². The SMILES string of the molecule is O=C(O)CC(F)(C(F)(F)F)C(F)(F)C(F)(F)F. The minimum Gasteiger partial charge on any atom is -0.481 e. The Bertz CT molecular complexity index is 304. The summed E-state index contributed by atoms with van der Waals surface area (Å²) in [7, 11) is 0. The van der Waals surface area contributed by atoms with Crippen molar-refractivity contribution in [2.75, 3.05) is 0 Å². The topological polar surface area (TPSA) is 37.3 Å². The molecule has 0 saturated heterocycles. The zero-order chi connectivity index (χ0) is 14.3. The van der Waals surface area contributed by atoms with Crippen molar-refractivity contribution in [1.29, 1.82) is 0 Å². The predicted molar refractivity (Wildman–Crippen MR) is 33.1 cm³/mol. The lowest BCUT2D eigenvalue weighted by atomic mass is 9.92. The predicted octanol–water partition coefficient (Wildman–Crippen LogP) is 2.93. The van der Waals surface area contributed by atoms with Gasteiger partial charge in [-0.15, -0.1) is 0 Å². The van der Waals surface area contributed by atoms with Gasteiger partial charge in [0, 0.05) is 0 Å². The first-order valence-electron chi connectivity index (χ1n) is 3.59. The van der Waals surface area contributed by atoms with Crippen molar-refractivity contribution in [2.45, 2.75) is 30.4 Å². The summed E-state index contributed by atoms with van der Waals surface area (Å²) in [6, 6.07) is 0. The lowest BCUT2D eigenvalue weighted by Gasteiger charge is -2.34. The third kappa shape index (κ3) is 2.57. The van der Waals surface area contributed by atoms with Crippen LogP contribution in [-0.2, 0) is 4.79 Å². The number of carboxylic acid groups (broad SMARTS) is 1. The van der Waals surface area contributed by atoms with Crippen LogP contribution in [0, 0.1) is 0 Å². The fourth-order valence-electron chi connectivity index (χ4n) is 0.822. The van der Waals surface area contributed by atoms with Gasteiger partial charge in [0.1, 0.15) is 0 Å². The molecular weight excluding hydrogens is 275 g/mol. The molecule has 0 aromatic heterocycles. The average Bonchev–Trinajstić information content (AvgIpc) is 1.97. The molecule has 0 spiro atoms. The van der Waals surface area contributed by atoms with Crippen LogP contribution >= 0.6 is 0 Å². The van der Waals surface area contributed by atoms with Crippen molar-refractivity contribution in [3.8, 4) is 0 Å². The second-order valence-corrected chi connectivity index (χ2v) is 2.94. The van der Waals surface area contributed by atoms with E-state index in [-0.39, 0.29) is 0 Å². The normalized spacial score (nSPS) is 17.7. The number of halogens is 9. The molecule has 0 bridgehead atoms. The first kappa shape index (κ1) is 15.8. The summed E-state index contributed by atoms with van der Waals surface area (Å²) in [5, 5.41) is 7.80. The number of carbonyl (C=O) groups is 1. The monoisotopic (exact) mass is 278 g/mol. The molecular formula is C6H3F9O2. The Hall–Kier alpha value is -1.16. The lowest BCUT2D eigenvalue weighted by Crippen LogP contribution is -2.62. The van der Waals surface area contributed by atoms with E-state index in [2.05, 4.69) is 0 Å². The van der Waals surface area contributed by atoms with Crippen LogP contribution in [0.4, 0.5) is 39.5 Å². The number of aliphatic carboxylic acids is 1. The van der Waals surface area contributed by atoms with E-state index in [1.165, 1.54) is 0 Å². The first-order valence-corrected chi connectivity index (χ1v) is 3.59. The van der Waals surface area contributed by atoms with Gasteiger partial charge in [-0.2, -0.15) is 35.1 Å². The van der Waals surface area contributed by atoms with Crippen LogP contribution in [0.1, 0.15) is 6.42 Å². The summed E-state index contributed by atoms with van der Waals surface area (Å²) >= 11 is 0. The molecule has 0 aliphatic rings. The first-order chi connectivity index (χ1) is 7.17. The number of alkyl halides is 9. The standard InChI is InChI=1S/C6H3F9O2/c7-3(1-2(16)17,5(10,11)12)4(8,9)6(13,14)15/h1H2,(H,16,17). The van der Waals surface area contributed by atoms with Gasteiger partial charge in [0.2, 0.25) is 0 Å². The summed E-state index contributed by atoms with van der Waals surface area (Å²) in [6.07, 6.45) is -16.6. The van der Waals surface area contributed by atoms with Gasteiger partial charge in [-0.3, -0.25) is 4.79 Å². The Balaban J connectivity index is 5.73. The molecule has 11 heteroatoms. The van der Waals surface area contributed by atoms with Gasteiger partial charge < -0.3 is 5.11 Å². The highest BCUT2D eigenvalue weighted by Gasteiger charge is 2.81. The molecule has 0 radical (unpaired) electrons. The summed E-state index contributed by atoms with van der Waals surface area (Å²) in [5.74, 6) is -9.65. The Morgan fingerprint density at radius 1 is 0.824 bits per heavy atom. The molecule has 0 aromatic carbocycles. The largest absolute Gasteiger partial charge is 0.481 e. The number of hydrogen-bond donors (Lipinski definition) is 1. The van der Waals surface area contributed by atoms with E-state index in [1.54, 1.807) is 0 Å². The van der Waals surface area contributed by atoms with E-state index in [0.29, 0.717) is 0 Å². The van der Waals surface area contributed by atoms with Crippen LogP contribution in [0.15, 0.2) is 0 Å². The van der Waals surface area contributed by atoms with Crippen molar-refractivity contribution in [2.24, 2.45) is 0 Å². The van der Waals surface area contributed by atoms with Crippen LogP contribution in [0.25, 0.3) is 0 Å². The van der Waals surface area contributed by atoms with E-state index in [4.69, 9.17) is 5.11 Å². The summed E-state index contributed by atoms with van der Waals surface area (Å²) < 4.78 is 108. The average molecular weight is 278 g/mol. The van der Waals surface area contributed by atoms with Gasteiger partial charge in [-0.25, -0.2) is 4.39 Å². The van der Waals surface area contributed by atoms with Crippen LogP contribution in [0.5, 0.6) is 0 Å². The molecule has 1 N–H and O–H groups in total. The molecule has 2 nitrogen and oxygen atoms in total. The maximum absolute atomic E-state index is 12.8. The van der Waals surface area contributed by atoms with Crippen LogP contribution in [-0.4, -0.2) is 35.0 Å². The molecule has 0 aromatic rings. The van der Waals surface area contributed by atoms with Crippen molar-refractivity contribution in [1.82, 2.24) is 0 Å². The number of hydrogen-bond acceptors (Lipinski definition) is 1. The van der Waals surface area contributed by atoms with Crippen molar-refractivity contribution in [3.63, 3.8) is 0 Å². The molecule has 102 valence electrons. The molecule has 0 amide bonds. The minimum absolute atomic E-state index is 2.78. The molecule has 0 aliphatic heterocycles. The molecule has 0 aliphatic carbocycles. The maximum Gasteiger partial charge on any atom is 0.457 e. The third-order valence-electron chi connectivity index (χ3n) is 1.70. The summed E-state index contributed by atoms with van der Waals surface area (Å²) in [4.78, 5) is 9.79. The zero-order valence-electron chi connectivity index (χ0n) is 7.46. The Morgan fingerprint density at radius 2 is 1.18 bits per heavy atom. The highest BCUT2D eigenvalue weighted by atomic mass is 19.4. The Kier molecular flexibility index (Phi) is 3.68. The van der Waals surface area contributed by atoms with Crippen molar-refractivity contribution < 1.29 is 49.4 Å². The van der Waals surface area contributed by atoms with E-state index >= 15 is 0 Å². The number of rotatable bonds is 3. The minimum atomic E-state index is -6.87. The lowest BCUT2D eigenvalue weighted by molar-refractivity contribution is -0.383. The smallest absolute Gasteiger partial charge is 0.457 e. The molecule has 0 heterocycles. The third-order valence-corrected chi connectivity index (χ3v) is 1.70. The highest BCUT2D eigenvalue weighted by molar-refractivity contribution is 5.68. The second-order valence-electron chi connectivity index (χ2n) is 2.94. The van der Waals surface area contributed by atoms with Gasteiger partial charge >= 0.3 is 24.2 Å². The Morgan fingerprint density at radius 3 is 1.35 bits per heavy atom. The van der Waals surface area contributed by atoms with Crippen LogP contribution in [0.3, 0.4) is 0 Å². The van der Waals surface area contributed by atoms with Crippen molar-refractivity contribution >= 4 is 5.97 Å². The van der Waals surface area contributed by atoms with Gasteiger partial charge in [-0.05, 0) is 0 Å².